The molecule has 1 fully saturated rings. The van der Waals surface area contributed by atoms with Gasteiger partial charge in [-0.2, -0.15) is 0 Å². The zero-order valence-electron chi connectivity index (χ0n) is 18.3. The molecule has 0 bridgehead atoms. The fraction of sp³-hybridized carbons (Fsp3) is 0.458. The van der Waals surface area contributed by atoms with Gasteiger partial charge in [-0.15, -0.1) is 0 Å². The van der Waals surface area contributed by atoms with Gasteiger partial charge in [-0.25, -0.2) is 8.42 Å². The lowest BCUT2D eigenvalue weighted by Gasteiger charge is -2.23. The molecule has 0 heterocycles. The summed E-state index contributed by atoms with van der Waals surface area (Å²) in [7, 11) is -3.46. The third-order valence-electron chi connectivity index (χ3n) is 5.56. The zero-order valence-corrected chi connectivity index (χ0v) is 19.2. The predicted molar refractivity (Wildman–Crippen MR) is 124 cm³/mol. The van der Waals surface area contributed by atoms with Crippen molar-refractivity contribution in [1.29, 1.82) is 0 Å². The number of hydrogen-bond acceptors (Lipinski definition) is 4. The third kappa shape index (κ3) is 7.28. The van der Waals surface area contributed by atoms with Crippen molar-refractivity contribution in [1.82, 2.24) is 5.32 Å². The van der Waals surface area contributed by atoms with Crippen molar-refractivity contribution in [2.24, 2.45) is 0 Å². The average molecular weight is 445 g/mol. The van der Waals surface area contributed by atoms with Crippen molar-refractivity contribution >= 4 is 21.6 Å². The number of amides is 1. The Bertz CT molecular complexity index is 948. The lowest BCUT2D eigenvalue weighted by atomic mass is 10.1. The Balaban J connectivity index is 1.59. The molecule has 0 saturated heterocycles. The molecule has 2 aromatic carbocycles. The second-order valence-corrected chi connectivity index (χ2v) is 10.2. The number of aryl methyl sites for hydroxylation is 1. The van der Waals surface area contributed by atoms with E-state index in [1.807, 2.05) is 31.2 Å². The molecule has 1 aliphatic rings. The van der Waals surface area contributed by atoms with Gasteiger partial charge >= 0.3 is 0 Å². The van der Waals surface area contributed by atoms with Crippen LogP contribution in [0.4, 0.5) is 5.69 Å². The van der Waals surface area contributed by atoms with E-state index in [1.54, 1.807) is 24.3 Å². The van der Waals surface area contributed by atoms with Crippen LogP contribution in [-0.4, -0.2) is 33.2 Å². The van der Waals surface area contributed by atoms with E-state index in [0.29, 0.717) is 11.4 Å². The van der Waals surface area contributed by atoms with Crippen LogP contribution in [0.25, 0.3) is 0 Å². The molecule has 6 nitrogen and oxygen atoms in total. The number of anilines is 1. The normalized spacial score (nSPS) is 15.2. The SMILES string of the molecule is Cc1ccc(CN(c2ccc(OCC(=O)NC3CCCCCC3)cc2)S(C)(=O)=O)cc1. The molecule has 0 aromatic heterocycles. The van der Waals surface area contributed by atoms with E-state index in [0.717, 1.165) is 36.8 Å². The first kappa shape index (κ1) is 23.1. The highest BCUT2D eigenvalue weighted by Gasteiger charge is 2.18. The van der Waals surface area contributed by atoms with E-state index in [9.17, 15) is 13.2 Å². The maximum atomic E-state index is 12.4. The number of rotatable bonds is 8. The summed E-state index contributed by atoms with van der Waals surface area (Å²) in [4.78, 5) is 12.2. The molecule has 1 aliphatic carbocycles. The fourth-order valence-electron chi connectivity index (χ4n) is 3.81. The average Bonchev–Trinajstić information content (AvgIpc) is 3.00. The van der Waals surface area contributed by atoms with Crippen LogP contribution in [0.5, 0.6) is 5.75 Å². The zero-order chi connectivity index (χ0) is 22.3. The second kappa shape index (κ2) is 10.7. The number of benzene rings is 2. The first-order valence-electron chi connectivity index (χ1n) is 10.9. The van der Waals surface area contributed by atoms with Gasteiger partial charge in [-0.3, -0.25) is 9.10 Å². The molecule has 0 atom stereocenters. The van der Waals surface area contributed by atoms with Crippen molar-refractivity contribution < 1.29 is 17.9 Å². The van der Waals surface area contributed by atoms with Crippen molar-refractivity contribution in [2.45, 2.75) is 58.0 Å². The molecular weight excluding hydrogens is 412 g/mol. The van der Waals surface area contributed by atoms with Crippen LogP contribution in [0.3, 0.4) is 0 Å². The summed E-state index contributed by atoms with van der Waals surface area (Å²) in [6, 6.07) is 14.8. The maximum absolute atomic E-state index is 12.4. The summed E-state index contributed by atoms with van der Waals surface area (Å²) in [5, 5.41) is 3.06. The number of nitrogens with zero attached hydrogens (tertiary/aromatic N) is 1. The molecule has 0 aliphatic heterocycles. The van der Waals surface area contributed by atoms with Gasteiger partial charge in [0, 0.05) is 6.04 Å². The standard InChI is InChI=1S/C24H32N2O4S/c1-19-9-11-20(12-10-19)17-26(31(2,28)29)22-13-15-23(16-14-22)30-18-24(27)25-21-7-5-3-4-6-8-21/h9-16,21H,3-8,17-18H2,1-2H3,(H,25,27). The first-order chi connectivity index (χ1) is 14.8. The maximum Gasteiger partial charge on any atom is 0.258 e. The Morgan fingerprint density at radius 3 is 2.19 bits per heavy atom. The highest BCUT2D eigenvalue weighted by atomic mass is 32.2. The van der Waals surface area contributed by atoms with Crippen molar-refractivity contribution in [3.63, 3.8) is 0 Å². The lowest BCUT2D eigenvalue weighted by molar-refractivity contribution is -0.123. The van der Waals surface area contributed by atoms with Gasteiger partial charge in [-0.1, -0.05) is 55.5 Å². The van der Waals surface area contributed by atoms with E-state index in [4.69, 9.17) is 4.74 Å². The Labute approximate surface area is 185 Å². The van der Waals surface area contributed by atoms with E-state index < -0.39 is 10.0 Å². The molecule has 2 aromatic rings. The van der Waals surface area contributed by atoms with E-state index in [-0.39, 0.29) is 25.1 Å². The first-order valence-corrected chi connectivity index (χ1v) is 12.7. The van der Waals surface area contributed by atoms with Crippen molar-refractivity contribution in [3.05, 3.63) is 59.7 Å². The number of carbonyl (C=O) groups excluding carboxylic acids is 1. The smallest absolute Gasteiger partial charge is 0.258 e. The molecular formula is C24H32N2O4S. The number of nitrogens with one attached hydrogen (secondary N) is 1. The summed E-state index contributed by atoms with van der Waals surface area (Å²) in [5.74, 6) is 0.414. The fourth-order valence-corrected chi connectivity index (χ4v) is 4.70. The quantitative estimate of drug-likeness (QED) is 0.620. The molecule has 3 rings (SSSR count). The Morgan fingerprint density at radius 1 is 1.00 bits per heavy atom. The molecule has 7 heteroatoms. The minimum atomic E-state index is -3.46. The molecule has 1 N–H and O–H groups in total. The van der Waals surface area contributed by atoms with Crippen LogP contribution in [0.2, 0.25) is 0 Å². The van der Waals surface area contributed by atoms with Gasteiger partial charge in [0.1, 0.15) is 5.75 Å². The molecule has 168 valence electrons. The molecule has 31 heavy (non-hydrogen) atoms. The Hall–Kier alpha value is -2.54. The van der Waals surface area contributed by atoms with E-state index >= 15 is 0 Å². The van der Waals surface area contributed by atoms with Gasteiger partial charge in [0.15, 0.2) is 6.61 Å². The highest BCUT2D eigenvalue weighted by molar-refractivity contribution is 7.92. The summed E-state index contributed by atoms with van der Waals surface area (Å²) in [6.45, 7) is 2.20. The van der Waals surface area contributed by atoms with E-state index in [2.05, 4.69) is 5.32 Å². The van der Waals surface area contributed by atoms with Crippen molar-refractivity contribution in [2.75, 3.05) is 17.2 Å². The summed E-state index contributed by atoms with van der Waals surface area (Å²) in [6.07, 6.45) is 8.06. The van der Waals surface area contributed by atoms with Crippen LogP contribution < -0.4 is 14.4 Å². The highest BCUT2D eigenvalue weighted by Crippen LogP contribution is 2.24. The monoisotopic (exact) mass is 444 g/mol. The topological polar surface area (TPSA) is 75.7 Å². The number of ether oxygens (including phenoxy) is 1. The summed E-state index contributed by atoms with van der Waals surface area (Å²) < 4.78 is 31.7. The number of hydrogen-bond donors (Lipinski definition) is 1. The second-order valence-electron chi connectivity index (χ2n) is 8.29. The largest absolute Gasteiger partial charge is 0.484 e. The molecule has 0 unspecified atom stereocenters. The summed E-state index contributed by atoms with van der Waals surface area (Å²) >= 11 is 0. The van der Waals surface area contributed by atoms with Crippen LogP contribution in [0, 0.1) is 6.92 Å². The predicted octanol–water partition coefficient (Wildman–Crippen LogP) is 4.18. The van der Waals surface area contributed by atoms with Gasteiger partial charge in [0.2, 0.25) is 10.0 Å². The van der Waals surface area contributed by atoms with E-state index in [1.165, 1.54) is 23.4 Å². The number of sulfonamides is 1. The van der Waals surface area contributed by atoms with Crippen molar-refractivity contribution in [3.8, 4) is 5.75 Å². The van der Waals surface area contributed by atoms with Crippen LogP contribution in [-0.2, 0) is 21.4 Å². The van der Waals surface area contributed by atoms with Crippen LogP contribution >= 0.6 is 0 Å². The molecule has 1 saturated carbocycles. The van der Waals surface area contributed by atoms with Crippen LogP contribution in [0.1, 0.15) is 49.7 Å². The van der Waals surface area contributed by atoms with Crippen LogP contribution in [0.15, 0.2) is 48.5 Å². The minimum absolute atomic E-state index is 0.0466. The third-order valence-corrected chi connectivity index (χ3v) is 6.70. The minimum Gasteiger partial charge on any atom is -0.484 e. The lowest BCUT2D eigenvalue weighted by Crippen LogP contribution is -2.37. The number of carbonyl (C=O) groups is 1. The Morgan fingerprint density at radius 2 is 1.61 bits per heavy atom. The van der Waals surface area contributed by atoms with Gasteiger partial charge in [0.05, 0.1) is 18.5 Å². The summed E-state index contributed by atoms with van der Waals surface area (Å²) in [5.41, 5.74) is 2.59. The van der Waals surface area contributed by atoms with Gasteiger partial charge in [0.25, 0.3) is 5.91 Å². The molecule has 0 radical (unpaired) electrons. The van der Waals surface area contributed by atoms with Gasteiger partial charge < -0.3 is 10.1 Å². The van der Waals surface area contributed by atoms with Gasteiger partial charge in [-0.05, 0) is 49.6 Å². The molecule has 1 amide bonds. The molecule has 0 spiro atoms. The Kier molecular flexibility index (Phi) is 7.96.